The smallest absolute Gasteiger partial charge is 0.269 e. The summed E-state index contributed by atoms with van der Waals surface area (Å²) >= 11 is 0. The topological polar surface area (TPSA) is 91.8 Å². The van der Waals surface area contributed by atoms with Crippen LogP contribution in [0.2, 0.25) is 0 Å². The Bertz CT molecular complexity index is 466. The molecule has 0 aliphatic rings. The molecule has 0 saturated carbocycles. The first-order valence-electron chi connectivity index (χ1n) is 5.94. The molecular weight excluding hydrogens is 278 g/mol. The van der Waals surface area contributed by atoms with Crippen LogP contribution in [0.15, 0.2) is 0 Å². The van der Waals surface area contributed by atoms with Crippen molar-refractivity contribution < 1.29 is 21.4 Å². The summed E-state index contributed by atoms with van der Waals surface area (Å²) < 4.78 is 56.3. The fraction of sp³-hybridized carbons (Fsp3) is 1.00. The van der Waals surface area contributed by atoms with E-state index in [9.17, 15) is 16.8 Å². The van der Waals surface area contributed by atoms with Gasteiger partial charge in [-0.15, -0.1) is 0 Å². The van der Waals surface area contributed by atoms with Gasteiger partial charge in [0.2, 0.25) is 10.0 Å². The lowest BCUT2D eigenvalue weighted by molar-refractivity contribution is 0.390. The van der Waals surface area contributed by atoms with Crippen molar-refractivity contribution in [2.24, 2.45) is 0 Å². The molecule has 110 valence electrons. The Kier molecular flexibility index (Phi) is 5.79. The van der Waals surface area contributed by atoms with Crippen LogP contribution in [0.3, 0.4) is 0 Å². The molecule has 0 aromatic rings. The minimum Gasteiger partial charge on any atom is -0.285 e. The van der Waals surface area contributed by atoms with Crippen LogP contribution in [-0.4, -0.2) is 48.8 Å². The molecule has 1 N–H and O–H groups in total. The predicted octanol–water partition coefficient (Wildman–Crippen LogP) is 1.10. The molecule has 0 bridgehead atoms. The maximum atomic E-state index is 12.5. The minimum atomic E-state index is -4.41. The third kappa shape index (κ3) is 3.04. The molecule has 2 atom stereocenters. The molecule has 0 spiro atoms. The first-order chi connectivity index (χ1) is 7.98. The van der Waals surface area contributed by atoms with Crippen LogP contribution in [-0.2, 0) is 20.1 Å². The van der Waals surface area contributed by atoms with E-state index in [0.717, 1.165) is 0 Å². The van der Waals surface area contributed by atoms with Crippen molar-refractivity contribution in [3.63, 3.8) is 0 Å². The molecule has 0 fully saturated rings. The number of rotatable bonds is 7. The van der Waals surface area contributed by atoms with Gasteiger partial charge >= 0.3 is 0 Å². The Hall–Kier alpha value is -0.180. The maximum Gasteiger partial charge on any atom is 0.269 e. The van der Waals surface area contributed by atoms with E-state index in [2.05, 4.69) is 0 Å². The monoisotopic (exact) mass is 301 g/mol. The highest BCUT2D eigenvalue weighted by molar-refractivity contribution is 7.93. The van der Waals surface area contributed by atoms with Crippen LogP contribution in [0.1, 0.15) is 41.0 Å². The average Bonchev–Trinajstić information content (AvgIpc) is 2.26. The zero-order valence-corrected chi connectivity index (χ0v) is 13.2. The fourth-order valence-corrected chi connectivity index (χ4v) is 5.43. The number of hydrogen-bond donors (Lipinski definition) is 1. The Balaban J connectivity index is 5.83. The fourth-order valence-electron chi connectivity index (χ4n) is 1.85. The summed E-state index contributed by atoms with van der Waals surface area (Å²) in [6.45, 7) is 8.10. The zero-order chi connectivity index (χ0) is 14.8. The van der Waals surface area contributed by atoms with E-state index in [1.807, 2.05) is 0 Å². The van der Waals surface area contributed by atoms with E-state index in [4.69, 9.17) is 4.55 Å². The molecule has 0 radical (unpaired) electrons. The zero-order valence-electron chi connectivity index (χ0n) is 11.5. The molecule has 0 aliphatic heterocycles. The van der Waals surface area contributed by atoms with Crippen LogP contribution >= 0.6 is 0 Å². The minimum absolute atomic E-state index is 0.104. The van der Waals surface area contributed by atoms with Crippen molar-refractivity contribution in [1.29, 1.82) is 0 Å². The van der Waals surface area contributed by atoms with Crippen LogP contribution in [0.25, 0.3) is 0 Å². The van der Waals surface area contributed by atoms with Gasteiger partial charge < -0.3 is 0 Å². The van der Waals surface area contributed by atoms with Crippen molar-refractivity contribution >= 4 is 20.1 Å². The highest BCUT2D eigenvalue weighted by atomic mass is 32.2. The summed E-state index contributed by atoms with van der Waals surface area (Å²) in [6.07, 6.45) is 0.104. The molecule has 2 unspecified atom stereocenters. The molecule has 0 heterocycles. The SMILES string of the molecule is CCN(CC)S(=O)(=O)C(C)(CC)C(C)S(=O)(=O)O. The van der Waals surface area contributed by atoms with Crippen molar-refractivity contribution in [1.82, 2.24) is 4.31 Å². The van der Waals surface area contributed by atoms with E-state index < -0.39 is 30.1 Å². The van der Waals surface area contributed by atoms with Crippen LogP contribution < -0.4 is 0 Å². The lowest BCUT2D eigenvalue weighted by atomic mass is 10.1. The van der Waals surface area contributed by atoms with Crippen molar-refractivity contribution in [3.8, 4) is 0 Å². The standard InChI is InChI=1S/C10H23NO5S2/c1-6-10(5,9(4)17(12,13)14)18(15,16)11(7-2)8-3/h9H,6-8H2,1-5H3,(H,12,13,14). The first-order valence-corrected chi connectivity index (χ1v) is 8.89. The lowest BCUT2D eigenvalue weighted by Crippen LogP contribution is -2.54. The molecule has 8 heteroatoms. The van der Waals surface area contributed by atoms with Gasteiger partial charge in [-0.3, -0.25) is 4.55 Å². The van der Waals surface area contributed by atoms with E-state index in [1.165, 1.54) is 18.2 Å². The Labute approximate surface area is 110 Å². The summed E-state index contributed by atoms with van der Waals surface area (Å²) in [6, 6.07) is 0. The average molecular weight is 301 g/mol. The van der Waals surface area contributed by atoms with Gasteiger partial charge in [0, 0.05) is 13.1 Å². The molecule has 0 aliphatic carbocycles. The van der Waals surface area contributed by atoms with Gasteiger partial charge in [-0.05, 0) is 20.3 Å². The van der Waals surface area contributed by atoms with Gasteiger partial charge in [0.25, 0.3) is 10.1 Å². The van der Waals surface area contributed by atoms with E-state index in [-0.39, 0.29) is 19.5 Å². The normalized spacial score (nSPS) is 18.6. The molecule has 0 aromatic heterocycles. The molecular formula is C10H23NO5S2. The second kappa shape index (κ2) is 5.85. The number of nitrogens with zero attached hydrogens (tertiary/aromatic N) is 1. The summed E-state index contributed by atoms with van der Waals surface area (Å²) in [5, 5.41) is -1.37. The van der Waals surface area contributed by atoms with E-state index in [1.54, 1.807) is 20.8 Å². The highest BCUT2D eigenvalue weighted by Crippen LogP contribution is 2.32. The molecule has 18 heavy (non-hydrogen) atoms. The largest absolute Gasteiger partial charge is 0.285 e. The molecule has 0 aromatic carbocycles. The van der Waals surface area contributed by atoms with Gasteiger partial charge in [0.05, 0.1) is 0 Å². The van der Waals surface area contributed by atoms with Crippen LogP contribution in [0.4, 0.5) is 0 Å². The third-order valence-corrected chi connectivity index (χ3v) is 8.22. The number of hydrogen-bond acceptors (Lipinski definition) is 4. The molecule has 0 rings (SSSR count). The summed E-state index contributed by atoms with van der Waals surface area (Å²) in [4.78, 5) is 0. The van der Waals surface area contributed by atoms with Gasteiger partial charge in [0.1, 0.15) is 10.00 Å². The van der Waals surface area contributed by atoms with Crippen LogP contribution in [0, 0.1) is 0 Å². The van der Waals surface area contributed by atoms with Crippen molar-refractivity contribution in [3.05, 3.63) is 0 Å². The van der Waals surface area contributed by atoms with Gasteiger partial charge in [-0.2, -0.15) is 8.42 Å². The second-order valence-corrected chi connectivity index (χ2v) is 8.55. The van der Waals surface area contributed by atoms with E-state index in [0.29, 0.717) is 0 Å². The van der Waals surface area contributed by atoms with Gasteiger partial charge in [0.15, 0.2) is 0 Å². The first kappa shape index (κ1) is 17.8. The summed E-state index contributed by atoms with van der Waals surface area (Å²) in [7, 11) is -8.21. The molecule has 0 amide bonds. The molecule has 0 saturated heterocycles. The quantitative estimate of drug-likeness (QED) is 0.711. The summed E-state index contributed by atoms with van der Waals surface area (Å²) in [5.74, 6) is 0. The summed E-state index contributed by atoms with van der Waals surface area (Å²) in [5.41, 5.74) is 0. The van der Waals surface area contributed by atoms with Gasteiger partial charge in [-0.25, -0.2) is 12.7 Å². The second-order valence-electron chi connectivity index (χ2n) is 4.41. The van der Waals surface area contributed by atoms with Gasteiger partial charge in [-0.1, -0.05) is 20.8 Å². The maximum absolute atomic E-state index is 12.5. The third-order valence-electron chi connectivity index (χ3n) is 3.64. The van der Waals surface area contributed by atoms with E-state index >= 15 is 0 Å². The Morgan fingerprint density at radius 1 is 1.11 bits per heavy atom. The van der Waals surface area contributed by atoms with Crippen molar-refractivity contribution in [2.75, 3.05) is 13.1 Å². The highest BCUT2D eigenvalue weighted by Gasteiger charge is 2.50. The molecule has 6 nitrogen and oxygen atoms in total. The number of sulfonamides is 1. The Morgan fingerprint density at radius 2 is 1.50 bits per heavy atom. The van der Waals surface area contributed by atoms with Crippen LogP contribution in [0.5, 0.6) is 0 Å². The Morgan fingerprint density at radius 3 is 1.72 bits per heavy atom. The predicted molar refractivity (Wildman–Crippen MR) is 71.5 cm³/mol. The van der Waals surface area contributed by atoms with Crippen molar-refractivity contribution in [2.45, 2.75) is 51.0 Å². The lowest BCUT2D eigenvalue weighted by Gasteiger charge is -2.36.